The van der Waals surface area contributed by atoms with E-state index in [0.29, 0.717) is 19.1 Å². The third-order valence-corrected chi connectivity index (χ3v) is 3.15. The van der Waals surface area contributed by atoms with Crippen LogP contribution in [0.3, 0.4) is 0 Å². The average molecular weight is 215 g/mol. The highest BCUT2D eigenvalue weighted by molar-refractivity contribution is 8.00. The molecule has 2 aliphatic rings. The molecule has 0 spiro atoms. The van der Waals surface area contributed by atoms with Gasteiger partial charge in [-0.05, 0) is 24.8 Å². The second kappa shape index (κ2) is 4.10. The quantitative estimate of drug-likeness (QED) is 0.641. The topological polar surface area (TPSA) is 55.8 Å². The van der Waals surface area contributed by atoms with E-state index in [9.17, 15) is 4.79 Å². The van der Waals surface area contributed by atoms with Gasteiger partial charge in [0.05, 0.1) is 0 Å². The summed E-state index contributed by atoms with van der Waals surface area (Å²) in [5.74, 6) is 0. The second-order valence-electron chi connectivity index (χ2n) is 3.40. The molecule has 0 bridgehead atoms. The van der Waals surface area contributed by atoms with E-state index in [2.05, 4.69) is 9.84 Å². The van der Waals surface area contributed by atoms with E-state index < -0.39 is 6.09 Å². The minimum absolute atomic E-state index is 0.428. The molecule has 0 aromatic rings. The molecular formula is C8H13N3O2S. The number of carboxylic acid groups (broad SMARTS) is 1. The Balaban J connectivity index is 1.83. The lowest BCUT2D eigenvalue weighted by atomic mass is 10.1. The first-order valence-corrected chi connectivity index (χ1v) is 5.49. The van der Waals surface area contributed by atoms with Crippen molar-refractivity contribution in [3.63, 3.8) is 0 Å². The summed E-state index contributed by atoms with van der Waals surface area (Å²) in [5, 5.41) is 12.8. The van der Waals surface area contributed by atoms with Crippen molar-refractivity contribution in [1.82, 2.24) is 14.7 Å². The number of nitrogens with zero attached hydrogens (tertiary/aromatic N) is 2. The fourth-order valence-corrected chi connectivity index (χ4v) is 2.33. The van der Waals surface area contributed by atoms with Crippen LogP contribution in [0.1, 0.15) is 12.8 Å². The molecule has 0 saturated carbocycles. The number of hydrogen-bond acceptors (Lipinski definition) is 4. The summed E-state index contributed by atoms with van der Waals surface area (Å²) in [5.41, 5.74) is 0. The van der Waals surface area contributed by atoms with Gasteiger partial charge in [-0.15, -0.1) is 0 Å². The lowest BCUT2D eigenvalue weighted by Crippen LogP contribution is -2.46. The number of hydrogen-bond donors (Lipinski definition) is 2. The molecule has 0 atom stereocenters. The summed E-state index contributed by atoms with van der Waals surface area (Å²) in [4.78, 5) is 15.3. The average Bonchev–Trinajstić information content (AvgIpc) is 2.71. The van der Waals surface area contributed by atoms with Gasteiger partial charge in [-0.3, -0.25) is 0 Å². The van der Waals surface area contributed by atoms with Gasteiger partial charge in [0.1, 0.15) is 0 Å². The highest BCUT2D eigenvalue weighted by Gasteiger charge is 2.26. The zero-order valence-electron chi connectivity index (χ0n) is 7.72. The molecule has 2 heterocycles. The Morgan fingerprint density at radius 1 is 1.50 bits per heavy atom. The molecule has 6 heteroatoms. The van der Waals surface area contributed by atoms with E-state index in [0.717, 1.165) is 12.8 Å². The number of likely N-dealkylation sites (tertiary alicyclic amines) is 1. The van der Waals surface area contributed by atoms with Gasteiger partial charge in [0, 0.05) is 30.7 Å². The number of piperidine rings is 1. The third kappa shape index (κ3) is 1.96. The molecule has 2 aliphatic heterocycles. The fourth-order valence-electron chi connectivity index (χ4n) is 1.75. The Hall–Kier alpha value is -0.880. The van der Waals surface area contributed by atoms with Crippen LogP contribution in [0.25, 0.3) is 0 Å². The van der Waals surface area contributed by atoms with E-state index in [1.54, 1.807) is 11.9 Å². The molecule has 0 radical (unpaired) electrons. The van der Waals surface area contributed by atoms with Gasteiger partial charge in [0.15, 0.2) is 0 Å². The van der Waals surface area contributed by atoms with Crippen LogP contribution in [0, 0.1) is 0 Å². The molecule has 2 rings (SSSR count). The zero-order chi connectivity index (χ0) is 9.97. The highest BCUT2D eigenvalue weighted by atomic mass is 32.2. The first kappa shape index (κ1) is 9.67. The Morgan fingerprint density at radius 3 is 2.71 bits per heavy atom. The Labute approximate surface area is 86.8 Å². The summed E-state index contributed by atoms with van der Waals surface area (Å²) in [6.45, 7) is 1.27. The summed E-state index contributed by atoms with van der Waals surface area (Å²) in [7, 11) is 0. The number of amides is 1. The van der Waals surface area contributed by atoms with Gasteiger partial charge in [-0.2, -0.15) is 4.83 Å². The van der Waals surface area contributed by atoms with Crippen LogP contribution in [0.5, 0.6) is 0 Å². The lowest BCUT2D eigenvalue weighted by Gasteiger charge is -2.34. The molecule has 78 valence electrons. The SMILES string of the molecule is O=C(O)N1CCC(N2C=CSN2)CC1. The van der Waals surface area contributed by atoms with Gasteiger partial charge in [-0.1, -0.05) is 0 Å². The van der Waals surface area contributed by atoms with Gasteiger partial charge >= 0.3 is 6.09 Å². The van der Waals surface area contributed by atoms with E-state index in [-0.39, 0.29) is 0 Å². The second-order valence-corrected chi connectivity index (χ2v) is 4.09. The van der Waals surface area contributed by atoms with Crippen LogP contribution in [0.4, 0.5) is 4.79 Å². The molecular weight excluding hydrogens is 202 g/mol. The Kier molecular flexibility index (Phi) is 2.83. The molecule has 0 unspecified atom stereocenters. The van der Waals surface area contributed by atoms with Gasteiger partial charge in [0.25, 0.3) is 0 Å². The van der Waals surface area contributed by atoms with Crippen molar-refractivity contribution in [2.75, 3.05) is 13.1 Å². The number of nitrogens with one attached hydrogen (secondary N) is 1. The standard InChI is InChI=1S/C8H13N3O2S/c12-8(13)10-3-1-7(2-4-10)11-5-6-14-9-11/h5-7,9H,1-4H2,(H,12,13). The summed E-state index contributed by atoms with van der Waals surface area (Å²) >= 11 is 1.55. The van der Waals surface area contributed by atoms with Crippen molar-refractivity contribution in [2.24, 2.45) is 0 Å². The predicted molar refractivity (Wildman–Crippen MR) is 54.3 cm³/mol. The minimum Gasteiger partial charge on any atom is -0.465 e. The summed E-state index contributed by atoms with van der Waals surface area (Å²) < 4.78 is 0. The van der Waals surface area contributed by atoms with E-state index in [4.69, 9.17) is 5.11 Å². The largest absolute Gasteiger partial charge is 0.465 e. The maximum absolute atomic E-state index is 10.7. The van der Waals surface area contributed by atoms with Gasteiger partial charge in [0.2, 0.25) is 0 Å². The van der Waals surface area contributed by atoms with E-state index in [1.807, 2.05) is 11.6 Å². The van der Waals surface area contributed by atoms with Crippen LogP contribution in [0.2, 0.25) is 0 Å². The Bertz CT molecular complexity index is 251. The molecule has 1 saturated heterocycles. The maximum Gasteiger partial charge on any atom is 0.407 e. The molecule has 14 heavy (non-hydrogen) atoms. The predicted octanol–water partition coefficient (Wildman–Crippen LogP) is 1.07. The van der Waals surface area contributed by atoms with Crippen LogP contribution >= 0.6 is 11.9 Å². The molecule has 1 fully saturated rings. The molecule has 1 amide bonds. The van der Waals surface area contributed by atoms with Gasteiger partial charge in [-0.25, -0.2) is 4.79 Å². The van der Waals surface area contributed by atoms with Crippen molar-refractivity contribution in [2.45, 2.75) is 18.9 Å². The fraction of sp³-hybridized carbons (Fsp3) is 0.625. The Morgan fingerprint density at radius 2 is 2.21 bits per heavy atom. The van der Waals surface area contributed by atoms with Crippen LogP contribution < -0.4 is 4.83 Å². The van der Waals surface area contributed by atoms with Crippen molar-refractivity contribution < 1.29 is 9.90 Å². The smallest absolute Gasteiger partial charge is 0.407 e. The van der Waals surface area contributed by atoms with Crippen LogP contribution in [0.15, 0.2) is 11.6 Å². The van der Waals surface area contributed by atoms with Crippen molar-refractivity contribution >= 4 is 18.0 Å². The first-order chi connectivity index (χ1) is 6.77. The van der Waals surface area contributed by atoms with Crippen molar-refractivity contribution in [3.8, 4) is 0 Å². The molecule has 0 aromatic carbocycles. The van der Waals surface area contributed by atoms with Crippen molar-refractivity contribution in [1.29, 1.82) is 0 Å². The molecule has 0 aromatic heterocycles. The van der Waals surface area contributed by atoms with Crippen LogP contribution in [-0.2, 0) is 0 Å². The molecule has 0 aliphatic carbocycles. The summed E-state index contributed by atoms with van der Waals surface area (Å²) in [6.07, 6.45) is 2.99. The summed E-state index contributed by atoms with van der Waals surface area (Å²) in [6, 6.07) is 0.428. The first-order valence-electron chi connectivity index (χ1n) is 4.61. The number of rotatable bonds is 1. The maximum atomic E-state index is 10.7. The molecule has 2 N–H and O–H groups in total. The van der Waals surface area contributed by atoms with E-state index >= 15 is 0 Å². The number of carbonyl (C=O) groups is 1. The highest BCUT2D eigenvalue weighted by Crippen LogP contribution is 2.20. The number of hydrazine groups is 1. The minimum atomic E-state index is -0.803. The zero-order valence-corrected chi connectivity index (χ0v) is 8.54. The molecule has 5 nitrogen and oxygen atoms in total. The van der Waals surface area contributed by atoms with Crippen LogP contribution in [-0.4, -0.2) is 40.2 Å². The third-order valence-electron chi connectivity index (χ3n) is 2.58. The van der Waals surface area contributed by atoms with Crippen molar-refractivity contribution in [3.05, 3.63) is 11.6 Å². The van der Waals surface area contributed by atoms with Gasteiger partial charge < -0.3 is 15.0 Å². The van der Waals surface area contributed by atoms with E-state index in [1.165, 1.54) is 4.90 Å². The monoisotopic (exact) mass is 215 g/mol. The normalized spacial score (nSPS) is 23.1. The lowest BCUT2D eigenvalue weighted by molar-refractivity contribution is 0.108.